The van der Waals surface area contributed by atoms with E-state index in [1.807, 2.05) is 0 Å². The van der Waals surface area contributed by atoms with Crippen LogP contribution in [-0.4, -0.2) is 19.8 Å². The standard InChI is InChI=1S/C12H15F2NO2/c13-12(14)9-7-11-10(16-4-5-17-11)6-8(9)2-1-3-15/h6-7,12H,1-5,15H2. The van der Waals surface area contributed by atoms with E-state index in [0.29, 0.717) is 49.7 Å². The van der Waals surface area contributed by atoms with Crippen LogP contribution in [0.1, 0.15) is 24.0 Å². The number of fused-ring (bicyclic) bond motifs is 1. The molecule has 0 spiro atoms. The highest BCUT2D eigenvalue weighted by Gasteiger charge is 2.20. The first kappa shape index (κ1) is 12.1. The lowest BCUT2D eigenvalue weighted by molar-refractivity contribution is 0.145. The lowest BCUT2D eigenvalue weighted by atomic mass is 10.0. The SMILES string of the molecule is NCCCc1cc2c(cc1C(F)F)OCCO2. The Balaban J connectivity index is 2.33. The minimum Gasteiger partial charge on any atom is -0.486 e. The Labute approximate surface area is 98.5 Å². The van der Waals surface area contributed by atoms with Crippen LogP contribution >= 0.6 is 0 Å². The maximum atomic E-state index is 12.9. The zero-order valence-corrected chi connectivity index (χ0v) is 9.42. The van der Waals surface area contributed by atoms with Gasteiger partial charge in [-0.2, -0.15) is 0 Å². The molecule has 2 rings (SSSR count). The molecule has 1 aliphatic heterocycles. The van der Waals surface area contributed by atoms with E-state index in [0.717, 1.165) is 0 Å². The molecular formula is C12H15F2NO2. The Hall–Kier alpha value is -1.36. The predicted octanol–water partition coefficient (Wildman–Crippen LogP) is 2.29. The van der Waals surface area contributed by atoms with Gasteiger partial charge in [-0.05, 0) is 37.1 Å². The summed E-state index contributed by atoms with van der Waals surface area (Å²) in [6, 6.07) is 3.02. The van der Waals surface area contributed by atoms with Crippen LogP contribution in [0.2, 0.25) is 0 Å². The first-order valence-corrected chi connectivity index (χ1v) is 5.63. The second-order valence-electron chi connectivity index (χ2n) is 3.89. The van der Waals surface area contributed by atoms with Crippen LogP contribution in [0.4, 0.5) is 8.78 Å². The molecule has 0 radical (unpaired) electrons. The summed E-state index contributed by atoms with van der Waals surface area (Å²) in [5.74, 6) is 0.954. The molecule has 0 aliphatic carbocycles. The van der Waals surface area contributed by atoms with Gasteiger partial charge >= 0.3 is 0 Å². The molecule has 0 amide bonds. The van der Waals surface area contributed by atoms with Crippen molar-refractivity contribution in [1.29, 1.82) is 0 Å². The van der Waals surface area contributed by atoms with E-state index >= 15 is 0 Å². The van der Waals surface area contributed by atoms with E-state index in [2.05, 4.69) is 0 Å². The van der Waals surface area contributed by atoms with Crippen molar-refractivity contribution < 1.29 is 18.3 Å². The minimum absolute atomic E-state index is 0.0164. The van der Waals surface area contributed by atoms with Crippen LogP contribution in [0.25, 0.3) is 0 Å². The van der Waals surface area contributed by atoms with E-state index < -0.39 is 6.43 Å². The number of halogens is 2. The third-order valence-electron chi connectivity index (χ3n) is 2.69. The molecule has 0 fully saturated rings. The zero-order chi connectivity index (χ0) is 12.3. The highest BCUT2D eigenvalue weighted by Crippen LogP contribution is 2.37. The molecule has 0 unspecified atom stereocenters. The number of aryl methyl sites for hydroxylation is 1. The van der Waals surface area contributed by atoms with E-state index in [1.54, 1.807) is 6.07 Å². The van der Waals surface area contributed by atoms with Gasteiger partial charge in [0.05, 0.1) is 0 Å². The van der Waals surface area contributed by atoms with Gasteiger partial charge in [-0.1, -0.05) is 0 Å². The van der Waals surface area contributed by atoms with Crippen molar-refractivity contribution in [1.82, 2.24) is 0 Å². The van der Waals surface area contributed by atoms with Crippen LogP contribution in [-0.2, 0) is 6.42 Å². The molecule has 94 valence electrons. The number of hydrogen-bond acceptors (Lipinski definition) is 3. The van der Waals surface area contributed by atoms with Crippen molar-refractivity contribution in [3.8, 4) is 11.5 Å². The fourth-order valence-corrected chi connectivity index (χ4v) is 1.86. The Morgan fingerprint density at radius 1 is 1.18 bits per heavy atom. The van der Waals surface area contributed by atoms with Crippen molar-refractivity contribution in [3.63, 3.8) is 0 Å². The third-order valence-corrected chi connectivity index (χ3v) is 2.69. The van der Waals surface area contributed by atoms with Gasteiger partial charge in [0.15, 0.2) is 11.5 Å². The third kappa shape index (κ3) is 2.66. The molecule has 0 saturated heterocycles. The highest BCUT2D eigenvalue weighted by molar-refractivity contribution is 5.48. The van der Waals surface area contributed by atoms with Gasteiger partial charge in [0.2, 0.25) is 0 Å². The molecule has 1 aromatic carbocycles. The summed E-state index contributed by atoms with van der Waals surface area (Å²) in [6.07, 6.45) is -1.29. The summed E-state index contributed by atoms with van der Waals surface area (Å²) in [6.45, 7) is 1.34. The highest BCUT2D eigenvalue weighted by atomic mass is 19.3. The molecule has 0 bridgehead atoms. The average molecular weight is 243 g/mol. The zero-order valence-electron chi connectivity index (χ0n) is 9.42. The topological polar surface area (TPSA) is 44.5 Å². The lowest BCUT2D eigenvalue weighted by Gasteiger charge is -2.21. The molecule has 1 aliphatic rings. The summed E-state index contributed by atoms with van der Waals surface area (Å²) in [7, 11) is 0. The van der Waals surface area contributed by atoms with E-state index in [1.165, 1.54) is 6.07 Å². The first-order chi connectivity index (χ1) is 8.22. The second kappa shape index (κ2) is 5.31. The molecule has 1 aromatic rings. The summed E-state index contributed by atoms with van der Waals surface area (Å²) in [4.78, 5) is 0. The molecule has 0 aromatic heterocycles. The van der Waals surface area contributed by atoms with Gasteiger partial charge in [0, 0.05) is 5.56 Å². The number of rotatable bonds is 4. The van der Waals surface area contributed by atoms with E-state index in [4.69, 9.17) is 15.2 Å². The molecule has 1 heterocycles. The van der Waals surface area contributed by atoms with Crippen molar-refractivity contribution in [2.24, 2.45) is 5.73 Å². The largest absolute Gasteiger partial charge is 0.486 e. The monoisotopic (exact) mass is 243 g/mol. The van der Waals surface area contributed by atoms with Gasteiger partial charge in [0.25, 0.3) is 6.43 Å². The van der Waals surface area contributed by atoms with Crippen LogP contribution in [0.5, 0.6) is 11.5 Å². The number of hydrogen-bond donors (Lipinski definition) is 1. The minimum atomic E-state index is -2.50. The summed E-state index contributed by atoms with van der Waals surface area (Å²) < 4.78 is 36.5. The van der Waals surface area contributed by atoms with Gasteiger partial charge in [0.1, 0.15) is 13.2 Å². The number of alkyl halides is 2. The number of nitrogens with two attached hydrogens (primary N) is 1. The van der Waals surface area contributed by atoms with Crippen molar-refractivity contribution in [2.45, 2.75) is 19.3 Å². The quantitative estimate of drug-likeness (QED) is 0.882. The Kier molecular flexibility index (Phi) is 3.78. The average Bonchev–Trinajstić information content (AvgIpc) is 2.35. The molecule has 0 saturated carbocycles. The van der Waals surface area contributed by atoms with Crippen LogP contribution < -0.4 is 15.2 Å². The summed E-state index contributed by atoms with van der Waals surface area (Å²) in [5, 5.41) is 0. The number of benzene rings is 1. The molecular weight excluding hydrogens is 228 g/mol. The van der Waals surface area contributed by atoms with Crippen molar-refractivity contribution >= 4 is 0 Å². The summed E-state index contributed by atoms with van der Waals surface area (Å²) >= 11 is 0. The van der Waals surface area contributed by atoms with Gasteiger partial charge in [-0.3, -0.25) is 0 Å². The second-order valence-corrected chi connectivity index (χ2v) is 3.89. The van der Waals surface area contributed by atoms with Gasteiger partial charge in [-0.25, -0.2) is 8.78 Å². The number of ether oxygens (including phenoxy) is 2. The maximum absolute atomic E-state index is 12.9. The Bertz CT molecular complexity index is 396. The predicted molar refractivity (Wildman–Crippen MR) is 59.8 cm³/mol. The first-order valence-electron chi connectivity index (χ1n) is 5.63. The smallest absolute Gasteiger partial charge is 0.264 e. The fourth-order valence-electron chi connectivity index (χ4n) is 1.86. The molecule has 2 N–H and O–H groups in total. The maximum Gasteiger partial charge on any atom is 0.264 e. The van der Waals surface area contributed by atoms with Gasteiger partial charge < -0.3 is 15.2 Å². The summed E-state index contributed by atoms with van der Waals surface area (Å²) in [5.41, 5.74) is 6.01. The normalized spacial score (nSPS) is 14.1. The van der Waals surface area contributed by atoms with Crippen LogP contribution in [0.3, 0.4) is 0 Å². The molecule has 3 nitrogen and oxygen atoms in total. The molecule has 0 atom stereocenters. The Morgan fingerprint density at radius 3 is 2.41 bits per heavy atom. The van der Waals surface area contributed by atoms with Crippen molar-refractivity contribution in [3.05, 3.63) is 23.3 Å². The van der Waals surface area contributed by atoms with E-state index in [9.17, 15) is 8.78 Å². The van der Waals surface area contributed by atoms with E-state index in [-0.39, 0.29) is 5.56 Å². The fraction of sp³-hybridized carbons (Fsp3) is 0.500. The van der Waals surface area contributed by atoms with Crippen LogP contribution in [0, 0.1) is 0 Å². The lowest BCUT2D eigenvalue weighted by Crippen LogP contribution is -2.16. The van der Waals surface area contributed by atoms with Gasteiger partial charge in [-0.15, -0.1) is 0 Å². The molecule has 5 heteroatoms. The Morgan fingerprint density at radius 2 is 1.82 bits per heavy atom. The molecule has 17 heavy (non-hydrogen) atoms. The van der Waals surface area contributed by atoms with Crippen LogP contribution in [0.15, 0.2) is 12.1 Å². The van der Waals surface area contributed by atoms with Crippen molar-refractivity contribution in [2.75, 3.05) is 19.8 Å².